The van der Waals surface area contributed by atoms with Gasteiger partial charge in [-0.3, -0.25) is 5.10 Å². The summed E-state index contributed by atoms with van der Waals surface area (Å²) in [6.07, 6.45) is 3.40. The Morgan fingerprint density at radius 1 is 1.40 bits per heavy atom. The number of hydrogen-bond acceptors (Lipinski definition) is 4. The Morgan fingerprint density at radius 2 is 2.20 bits per heavy atom. The zero-order valence-corrected chi connectivity index (χ0v) is 11.9. The lowest BCUT2D eigenvalue weighted by Gasteiger charge is -2.13. The first-order valence-corrected chi connectivity index (χ1v) is 6.68. The van der Waals surface area contributed by atoms with Gasteiger partial charge in [-0.25, -0.2) is 9.97 Å². The van der Waals surface area contributed by atoms with Gasteiger partial charge in [0, 0.05) is 41.1 Å². The molecule has 0 atom stereocenters. The van der Waals surface area contributed by atoms with Crippen molar-refractivity contribution >= 4 is 11.0 Å². The minimum absolute atomic E-state index is 0.278. The molecule has 0 aliphatic carbocycles. The second-order valence-electron chi connectivity index (χ2n) is 5.19. The molecule has 0 aromatic carbocycles. The molecule has 0 aliphatic rings. The van der Waals surface area contributed by atoms with Crippen molar-refractivity contribution in [2.45, 2.75) is 33.4 Å². The van der Waals surface area contributed by atoms with E-state index in [1.807, 2.05) is 19.2 Å². The van der Waals surface area contributed by atoms with E-state index >= 15 is 0 Å². The molecule has 104 valence electrons. The van der Waals surface area contributed by atoms with Crippen LogP contribution >= 0.6 is 0 Å². The highest BCUT2D eigenvalue weighted by Crippen LogP contribution is 2.34. The van der Waals surface area contributed by atoms with Crippen LogP contribution in [0.2, 0.25) is 0 Å². The first kappa shape index (κ1) is 12.8. The predicted molar refractivity (Wildman–Crippen MR) is 78.1 cm³/mol. The second kappa shape index (κ2) is 4.72. The number of nitrogens with two attached hydrogens (primary N) is 1. The zero-order valence-electron chi connectivity index (χ0n) is 11.9. The fraction of sp³-hybridized carbons (Fsp3) is 0.357. The van der Waals surface area contributed by atoms with Crippen molar-refractivity contribution < 1.29 is 0 Å². The van der Waals surface area contributed by atoms with Crippen LogP contribution in [-0.4, -0.2) is 24.7 Å². The van der Waals surface area contributed by atoms with Gasteiger partial charge in [0.1, 0.15) is 12.0 Å². The van der Waals surface area contributed by atoms with Gasteiger partial charge in [0.05, 0.1) is 5.69 Å². The van der Waals surface area contributed by atoms with Crippen molar-refractivity contribution in [3.8, 4) is 11.3 Å². The molecule has 6 heteroatoms. The quantitative estimate of drug-likeness (QED) is 0.763. The van der Waals surface area contributed by atoms with E-state index in [1.54, 1.807) is 6.33 Å². The highest BCUT2D eigenvalue weighted by atomic mass is 15.1. The van der Waals surface area contributed by atoms with E-state index in [0.717, 1.165) is 33.7 Å². The lowest BCUT2D eigenvalue weighted by atomic mass is 10.1. The molecule has 20 heavy (non-hydrogen) atoms. The molecular formula is C14H18N6. The van der Waals surface area contributed by atoms with Crippen LogP contribution in [-0.2, 0) is 6.54 Å². The maximum Gasteiger partial charge on any atom is 0.144 e. The molecule has 0 fully saturated rings. The standard InChI is InChI=1S/C14H18N6/c1-8(2)20-12(5-15)13(11-4-9(3)18-19-11)10-6-16-7-17-14(10)20/h4,6-8H,5,15H2,1-3H3,(H,18,19). The van der Waals surface area contributed by atoms with Crippen LogP contribution in [0.5, 0.6) is 0 Å². The van der Waals surface area contributed by atoms with E-state index in [1.165, 1.54) is 0 Å². The third-order valence-corrected chi connectivity index (χ3v) is 3.44. The van der Waals surface area contributed by atoms with Gasteiger partial charge < -0.3 is 10.3 Å². The topological polar surface area (TPSA) is 85.4 Å². The summed E-state index contributed by atoms with van der Waals surface area (Å²) in [5.74, 6) is 0. The summed E-state index contributed by atoms with van der Waals surface area (Å²) in [5, 5.41) is 8.34. The average molecular weight is 270 g/mol. The molecule has 6 nitrogen and oxygen atoms in total. The Morgan fingerprint density at radius 3 is 2.80 bits per heavy atom. The first-order valence-electron chi connectivity index (χ1n) is 6.68. The number of rotatable bonds is 3. The van der Waals surface area contributed by atoms with Gasteiger partial charge >= 0.3 is 0 Å². The zero-order chi connectivity index (χ0) is 14.3. The summed E-state index contributed by atoms with van der Waals surface area (Å²) >= 11 is 0. The molecule has 0 bridgehead atoms. The highest BCUT2D eigenvalue weighted by Gasteiger charge is 2.21. The monoisotopic (exact) mass is 270 g/mol. The highest BCUT2D eigenvalue weighted by molar-refractivity contribution is 5.94. The van der Waals surface area contributed by atoms with Crippen molar-refractivity contribution in [1.82, 2.24) is 24.7 Å². The van der Waals surface area contributed by atoms with Crippen molar-refractivity contribution in [1.29, 1.82) is 0 Å². The Kier molecular flexibility index (Phi) is 3.02. The minimum Gasteiger partial charge on any atom is -0.325 e. The van der Waals surface area contributed by atoms with Crippen LogP contribution in [0.1, 0.15) is 31.3 Å². The van der Waals surface area contributed by atoms with Crippen LogP contribution in [0.4, 0.5) is 0 Å². The van der Waals surface area contributed by atoms with Crippen molar-refractivity contribution in [3.05, 3.63) is 30.0 Å². The summed E-state index contributed by atoms with van der Waals surface area (Å²) in [4.78, 5) is 8.57. The Hall–Kier alpha value is -2.21. The Bertz CT molecular complexity index is 752. The largest absolute Gasteiger partial charge is 0.325 e. The number of fused-ring (bicyclic) bond motifs is 1. The molecule has 0 aliphatic heterocycles. The van der Waals surface area contributed by atoms with Gasteiger partial charge in [-0.05, 0) is 26.8 Å². The van der Waals surface area contributed by atoms with Gasteiger partial charge in [0.15, 0.2) is 0 Å². The predicted octanol–water partition coefficient (Wildman–Crippen LogP) is 2.17. The van der Waals surface area contributed by atoms with E-state index in [4.69, 9.17) is 5.73 Å². The third kappa shape index (κ3) is 1.80. The van der Waals surface area contributed by atoms with Gasteiger partial charge in [0.25, 0.3) is 0 Å². The molecule has 3 rings (SSSR count). The average Bonchev–Trinajstić information content (AvgIpc) is 2.98. The maximum absolute atomic E-state index is 5.99. The van der Waals surface area contributed by atoms with Crippen LogP contribution in [0, 0.1) is 6.92 Å². The molecule has 3 heterocycles. The van der Waals surface area contributed by atoms with Crippen LogP contribution in [0.3, 0.4) is 0 Å². The molecule has 0 spiro atoms. The van der Waals surface area contributed by atoms with Crippen LogP contribution in [0.25, 0.3) is 22.3 Å². The molecular weight excluding hydrogens is 252 g/mol. The van der Waals surface area contributed by atoms with E-state index in [-0.39, 0.29) is 6.04 Å². The molecule has 3 N–H and O–H groups in total. The first-order chi connectivity index (χ1) is 9.63. The van der Waals surface area contributed by atoms with E-state index < -0.39 is 0 Å². The van der Waals surface area contributed by atoms with E-state index in [0.29, 0.717) is 6.54 Å². The fourth-order valence-electron chi connectivity index (χ4n) is 2.68. The lowest BCUT2D eigenvalue weighted by Crippen LogP contribution is -2.10. The number of aromatic nitrogens is 5. The smallest absolute Gasteiger partial charge is 0.144 e. The Labute approximate surface area is 117 Å². The second-order valence-corrected chi connectivity index (χ2v) is 5.19. The normalized spacial score (nSPS) is 11.7. The van der Waals surface area contributed by atoms with Gasteiger partial charge in [0.2, 0.25) is 0 Å². The number of nitrogens with zero attached hydrogens (tertiary/aromatic N) is 4. The Balaban J connectivity index is 2.41. The number of aryl methyl sites for hydroxylation is 1. The van der Waals surface area contributed by atoms with Crippen molar-refractivity contribution in [2.24, 2.45) is 5.73 Å². The molecule has 0 saturated heterocycles. The summed E-state index contributed by atoms with van der Waals surface area (Å²) in [5.41, 5.74) is 10.9. The SMILES string of the molecule is Cc1cc(-c2c(CN)n(C(C)C)c3ncncc23)n[nH]1. The summed E-state index contributed by atoms with van der Waals surface area (Å²) < 4.78 is 2.16. The summed E-state index contributed by atoms with van der Waals surface area (Å²) in [6, 6.07) is 2.30. The third-order valence-electron chi connectivity index (χ3n) is 3.44. The maximum atomic E-state index is 5.99. The lowest BCUT2D eigenvalue weighted by molar-refractivity contribution is 0.591. The molecule has 3 aromatic heterocycles. The molecule has 0 radical (unpaired) electrons. The van der Waals surface area contributed by atoms with E-state index in [2.05, 4.69) is 38.6 Å². The fourth-order valence-corrected chi connectivity index (χ4v) is 2.68. The minimum atomic E-state index is 0.278. The number of aromatic amines is 1. The summed E-state index contributed by atoms with van der Waals surface area (Å²) in [7, 11) is 0. The number of nitrogens with one attached hydrogen (secondary N) is 1. The van der Waals surface area contributed by atoms with Crippen molar-refractivity contribution in [3.63, 3.8) is 0 Å². The van der Waals surface area contributed by atoms with E-state index in [9.17, 15) is 0 Å². The molecule has 3 aromatic rings. The van der Waals surface area contributed by atoms with Crippen LogP contribution < -0.4 is 5.73 Å². The summed E-state index contributed by atoms with van der Waals surface area (Å²) in [6.45, 7) is 6.67. The van der Waals surface area contributed by atoms with Crippen LogP contribution in [0.15, 0.2) is 18.6 Å². The number of hydrogen-bond donors (Lipinski definition) is 2. The molecule has 0 unspecified atom stereocenters. The number of H-pyrrole nitrogens is 1. The van der Waals surface area contributed by atoms with Gasteiger partial charge in [-0.1, -0.05) is 0 Å². The molecule has 0 saturated carbocycles. The van der Waals surface area contributed by atoms with Crippen molar-refractivity contribution in [2.75, 3.05) is 0 Å². The molecule has 0 amide bonds. The van der Waals surface area contributed by atoms with Gasteiger partial charge in [-0.15, -0.1) is 0 Å². The van der Waals surface area contributed by atoms with Gasteiger partial charge in [-0.2, -0.15) is 5.10 Å².